The topological polar surface area (TPSA) is 189 Å². The molecule has 62 heavy (non-hydrogen) atoms. The van der Waals surface area contributed by atoms with Crippen LogP contribution in [-0.4, -0.2) is 109 Å². The molecule has 0 aliphatic carbocycles. The van der Waals surface area contributed by atoms with E-state index in [9.17, 15) is 19.5 Å². The summed E-state index contributed by atoms with van der Waals surface area (Å²) >= 11 is 0. The molecule has 14 nitrogen and oxygen atoms in total. The molecule has 3 fully saturated rings. The number of fused-ring (bicyclic) bond motifs is 1. The van der Waals surface area contributed by atoms with Gasteiger partial charge in [-0.15, -0.1) is 0 Å². The van der Waals surface area contributed by atoms with Crippen molar-refractivity contribution in [2.45, 2.75) is 58.0 Å². The zero-order chi connectivity index (χ0) is 44.1. The summed E-state index contributed by atoms with van der Waals surface area (Å²) in [5, 5.41) is 14.1. The molecule has 3 aliphatic heterocycles. The van der Waals surface area contributed by atoms with Crippen LogP contribution in [0.3, 0.4) is 0 Å². The van der Waals surface area contributed by atoms with Crippen LogP contribution in [0.25, 0.3) is 16.6 Å². The third kappa shape index (κ3) is 9.41. The predicted molar refractivity (Wildman–Crippen MR) is 244 cm³/mol. The first-order chi connectivity index (χ1) is 29.9. The first-order valence-electron chi connectivity index (χ1n) is 21.9. The maximum absolute atomic E-state index is 13.8. The summed E-state index contributed by atoms with van der Waals surface area (Å²) in [6.45, 7) is 10.6. The van der Waals surface area contributed by atoms with Gasteiger partial charge in [0.15, 0.2) is 0 Å². The smallest absolute Gasteiger partial charge is 0.253 e. The summed E-state index contributed by atoms with van der Waals surface area (Å²) in [4.78, 5) is 46.2. The second-order valence-corrected chi connectivity index (χ2v) is 17.1. The number of likely N-dealkylation sites (tertiary alicyclic amines) is 2. The van der Waals surface area contributed by atoms with Crippen LogP contribution in [0.15, 0.2) is 78.3 Å². The Balaban J connectivity index is 0.918. The molecule has 1 unspecified atom stereocenters. The number of hydrogen-bond donors (Lipinski definition) is 5. The third-order valence-corrected chi connectivity index (χ3v) is 13.3. The first kappa shape index (κ1) is 44.1. The Morgan fingerprint density at radius 1 is 0.935 bits per heavy atom. The number of rotatable bonds is 13. The number of carbonyl (C=O) groups is 3. The number of hydrogen-bond acceptors (Lipinski definition) is 10. The van der Waals surface area contributed by atoms with Crippen molar-refractivity contribution in [3.8, 4) is 5.75 Å². The number of nitrogens with zero attached hydrogens (tertiary/aromatic N) is 5. The van der Waals surface area contributed by atoms with Crippen LogP contribution in [0.4, 0.5) is 5.69 Å². The Labute approximate surface area is 364 Å². The summed E-state index contributed by atoms with van der Waals surface area (Å²) in [6.07, 6.45) is 6.60. The van der Waals surface area contributed by atoms with Crippen molar-refractivity contribution in [2.24, 2.45) is 30.2 Å². The molecule has 1 aromatic heterocycles. The van der Waals surface area contributed by atoms with Gasteiger partial charge < -0.3 is 56.5 Å². The number of phenolic OH excluding ortho intramolecular Hbond substituents is 1. The third-order valence-electron chi connectivity index (χ3n) is 13.3. The molecule has 0 radical (unpaired) electrons. The molecule has 14 heteroatoms. The number of phenols is 1. The number of allylic oxidation sites excluding steroid dienone is 1. The van der Waals surface area contributed by atoms with Crippen molar-refractivity contribution in [3.05, 3.63) is 112 Å². The zero-order valence-corrected chi connectivity index (χ0v) is 36.6. The standard InChI is InChI=1S/C48H63N9O5/c1-31-26-35(12-13-36(31)43-29-56(24-25-62-43)41(47(50)51)27-39(49)37-8-5-6-11-42(37)59)48(61)55-21-14-33(15-22-55)28-54-19-16-34(17-20-54)45-32(2)53(4)46-38(45)9-7-10-40(46)57(30-58)23-18-44(60)52-3/h5-13,26-27,30,33-34,43,59H,14-25,28-29,49-51H2,1-4H3,(H,52,60)/b39-27-. The molecule has 0 spiro atoms. The highest BCUT2D eigenvalue weighted by atomic mass is 16.5. The fourth-order valence-corrected chi connectivity index (χ4v) is 9.77. The van der Waals surface area contributed by atoms with Gasteiger partial charge in [-0.05, 0) is 118 Å². The number of para-hydroxylation sites is 2. The molecule has 3 aliphatic rings. The van der Waals surface area contributed by atoms with Crippen molar-refractivity contribution < 1.29 is 24.2 Å². The molecule has 0 saturated carbocycles. The van der Waals surface area contributed by atoms with E-state index >= 15 is 0 Å². The van der Waals surface area contributed by atoms with Crippen LogP contribution in [0, 0.1) is 19.8 Å². The van der Waals surface area contributed by atoms with Gasteiger partial charge in [0.25, 0.3) is 5.91 Å². The summed E-state index contributed by atoms with van der Waals surface area (Å²) in [5.74, 6) is 1.14. The summed E-state index contributed by atoms with van der Waals surface area (Å²) in [7, 11) is 3.68. The van der Waals surface area contributed by atoms with E-state index < -0.39 is 0 Å². The molecule has 3 amide bonds. The summed E-state index contributed by atoms with van der Waals surface area (Å²) < 4.78 is 8.43. The average molecular weight is 846 g/mol. The number of anilines is 1. The molecule has 8 N–H and O–H groups in total. The highest BCUT2D eigenvalue weighted by Crippen LogP contribution is 2.40. The lowest BCUT2D eigenvalue weighted by molar-refractivity contribution is -0.120. The van der Waals surface area contributed by atoms with Crippen molar-refractivity contribution in [1.29, 1.82) is 0 Å². The molecule has 3 aromatic carbocycles. The minimum absolute atomic E-state index is 0.0624. The van der Waals surface area contributed by atoms with Gasteiger partial charge in [-0.3, -0.25) is 14.4 Å². The van der Waals surface area contributed by atoms with E-state index in [0.717, 1.165) is 87.1 Å². The van der Waals surface area contributed by atoms with Crippen LogP contribution < -0.4 is 27.4 Å². The Morgan fingerprint density at radius 2 is 1.68 bits per heavy atom. The number of amides is 3. The van der Waals surface area contributed by atoms with Gasteiger partial charge in [-0.2, -0.15) is 0 Å². The van der Waals surface area contributed by atoms with Gasteiger partial charge >= 0.3 is 0 Å². The number of piperidine rings is 2. The fraction of sp³-hybridized carbons (Fsp3) is 0.438. The predicted octanol–water partition coefficient (Wildman–Crippen LogP) is 4.79. The highest BCUT2D eigenvalue weighted by Gasteiger charge is 2.31. The van der Waals surface area contributed by atoms with Crippen LogP contribution in [0.5, 0.6) is 5.75 Å². The van der Waals surface area contributed by atoms with Gasteiger partial charge in [0.2, 0.25) is 12.3 Å². The molecule has 3 saturated heterocycles. The summed E-state index contributed by atoms with van der Waals surface area (Å²) in [5.41, 5.74) is 27.2. The van der Waals surface area contributed by atoms with Crippen molar-refractivity contribution in [3.63, 3.8) is 0 Å². The number of carbonyl (C=O) groups excluding carboxylic acids is 3. The number of aromatic nitrogens is 1. The maximum atomic E-state index is 13.8. The number of ether oxygens (including phenoxy) is 1. The van der Waals surface area contributed by atoms with Gasteiger partial charge in [-0.25, -0.2) is 0 Å². The number of morpholine rings is 1. The summed E-state index contributed by atoms with van der Waals surface area (Å²) in [6, 6.07) is 18.9. The molecule has 4 aromatic rings. The SMILES string of the molecule is CNC(=O)CCN(C=O)c1cccc2c(C3CCN(CC4CCN(C(=O)c5ccc(C6CN(C(/C=C(\N)c7ccccc7O)=C(N)N)CCO6)c(C)c5)CC4)CC3)c(C)n(C)c12. The molecule has 0 bridgehead atoms. The monoisotopic (exact) mass is 845 g/mol. The Bertz CT molecular complexity index is 2330. The van der Waals surface area contributed by atoms with Crippen molar-refractivity contribution >= 4 is 40.5 Å². The molecular formula is C48H63N9O5. The lowest BCUT2D eigenvalue weighted by atomic mass is 9.86. The van der Waals surface area contributed by atoms with E-state index in [0.29, 0.717) is 60.6 Å². The molecule has 4 heterocycles. The van der Waals surface area contributed by atoms with E-state index in [1.165, 1.54) is 16.6 Å². The van der Waals surface area contributed by atoms with E-state index in [2.05, 4.69) is 34.8 Å². The normalized spacial score (nSPS) is 18.2. The lowest BCUT2D eigenvalue weighted by Crippen LogP contribution is -2.43. The van der Waals surface area contributed by atoms with Gasteiger partial charge in [-0.1, -0.05) is 30.3 Å². The molecule has 7 rings (SSSR count). The van der Waals surface area contributed by atoms with E-state index in [4.69, 9.17) is 21.9 Å². The van der Waals surface area contributed by atoms with Crippen LogP contribution in [0.1, 0.15) is 82.4 Å². The van der Waals surface area contributed by atoms with Crippen LogP contribution in [-0.2, 0) is 21.4 Å². The Morgan fingerprint density at radius 3 is 2.35 bits per heavy atom. The second kappa shape index (κ2) is 19.4. The largest absolute Gasteiger partial charge is 0.507 e. The van der Waals surface area contributed by atoms with Crippen molar-refractivity contribution in [1.82, 2.24) is 24.6 Å². The Kier molecular flexibility index (Phi) is 13.8. The lowest BCUT2D eigenvalue weighted by Gasteiger charge is -2.38. The number of nitrogens with two attached hydrogens (primary N) is 3. The quantitative estimate of drug-likeness (QED) is 0.0925. The maximum Gasteiger partial charge on any atom is 0.253 e. The molecule has 330 valence electrons. The molecule has 1 atom stereocenters. The number of aryl methyl sites for hydroxylation is 2. The number of nitrogens with one attached hydrogen (secondary N) is 1. The van der Waals surface area contributed by atoms with Gasteiger partial charge in [0, 0.05) is 87.7 Å². The van der Waals surface area contributed by atoms with E-state index in [1.807, 2.05) is 47.1 Å². The fourth-order valence-electron chi connectivity index (χ4n) is 9.77. The average Bonchev–Trinajstić information content (AvgIpc) is 3.54. The van der Waals surface area contributed by atoms with Gasteiger partial charge in [0.05, 0.1) is 23.5 Å². The van der Waals surface area contributed by atoms with E-state index in [1.54, 1.807) is 42.3 Å². The highest BCUT2D eigenvalue weighted by molar-refractivity contribution is 6.00. The van der Waals surface area contributed by atoms with Crippen molar-refractivity contribution in [2.75, 3.05) is 70.9 Å². The second-order valence-electron chi connectivity index (χ2n) is 17.1. The minimum atomic E-state index is -0.265. The van der Waals surface area contributed by atoms with Crippen LogP contribution in [0.2, 0.25) is 0 Å². The number of benzene rings is 3. The Hall–Kier alpha value is -5.99. The first-order valence-corrected chi connectivity index (χ1v) is 21.9. The van der Waals surface area contributed by atoms with E-state index in [-0.39, 0.29) is 35.9 Å². The molecular weight excluding hydrogens is 783 g/mol. The minimum Gasteiger partial charge on any atom is -0.507 e. The number of aromatic hydroxyl groups is 1. The van der Waals surface area contributed by atoms with Crippen LogP contribution >= 0.6 is 0 Å². The van der Waals surface area contributed by atoms with Gasteiger partial charge in [0.1, 0.15) is 17.7 Å². The zero-order valence-electron chi connectivity index (χ0n) is 36.6.